The third-order valence-electron chi connectivity index (χ3n) is 1.76. The number of carbonyl (C=O) groups is 1. The number of esters is 1. The standard InChI is InChI=1S/C9H11ClO3S/c1-12-5-6(9(11)13-2)7-3-4-8(10)14-7/h3-4,6H,5H2,1-2H3. The Morgan fingerprint density at radius 3 is 2.71 bits per heavy atom. The van der Waals surface area contributed by atoms with Crippen LogP contribution >= 0.6 is 22.9 Å². The van der Waals surface area contributed by atoms with Gasteiger partial charge in [0, 0.05) is 12.0 Å². The molecule has 0 bridgehead atoms. The van der Waals surface area contributed by atoms with Crippen molar-refractivity contribution in [1.82, 2.24) is 0 Å². The Morgan fingerprint density at radius 1 is 1.57 bits per heavy atom. The lowest BCUT2D eigenvalue weighted by atomic mass is 10.1. The number of hydrogen-bond acceptors (Lipinski definition) is 4. The molecule has 0 amide bonds. The van der Waals surface area contributed by atoms with E-state index in [1.165, 1.54) is 18.4 Å². The first kappa shape index (κ1) is 11.5. The lowest BCUT2D eigenvalue weighted by Gasteiger charge is -2.11. The van der Waals surface area contributed by atoms with Crippen LogP contribution in [0.2, 0.25) is 4.34 Å². The third kappa shape index (κ3) is 2.70. The summed E-state index contributed by atoms with van der Waals surface area (Å²) in [6.07, 6.45) is 0. The van der Waals surface area contributed by atoms with Crippen LogP contribution in [-0.4, -0.2) is 26.8 Å². The number of rotatable bonds is 4. The van der Waals surface area contributed by atoms with Gasteiger partial charge in [-0.25, -0.2) is 0 Å². The summed E-state index contributed by atoms with van der Waals surface area (Å²) in [5.74, 6) is -0.673. The summed E-state index contributed by atoms with van der Waals surface area (Å²) < 4.78 is 10.3. The molecule has 0 aliphatic rings. The highest BCUT2D eigenvalue weighted by Crippen LogP contribution is 2.29. The fourth-order valence-electron chi connectivity index (χ4n) is 1.09. The Morgan fingerprint density at radius 2 is 2.29 bits per heavy atom. The number of methoxy groups -OCH3 is 2. The van der Waals surface area contributed by atoms with Gasteiger partial charge in [0.2, 0.25) is 0 Å². The minimum Gasteiger partial charge on any atom is -0.468 e. The third-order valence-corrected chi connectivity index (χ3v) is 3.10. The second kappa shape index (κ2) is 5.34. The molecule has 3 nitrogen and oxygen atoms in total. The Hall–Kier alpha value is -0.580. The molecule has 0 aromatic carbocycles. The Balaban J connectivity index is 2.82. The van der Waals surface area contributed by atoms with Crippen molar-refractivity contribution in [2.24, 2.45) is 0 Å². The van der Waals surface area contributed by atoms with Crippen molar-refractivity contribution < 1.29 is 14.3 Å². The molecule has 0 saturated carbocycles. The van der Waals surface area contributed by atoms with E-state index < -0.39 is 0 Å². The van der Waals surface area contributed by atoms with Gasteiger partial charge in [0.25, 0.3) is 0 Å². The van der Waals surface area contributed by atoms with E-state index in [0.29, 0.717) is 10.9 Å². The van der Waals surface area contributed by atoms with Crippen LogP contribution in [0.15, 0.2) is 12.1 Å². The van der Waals surface area contributed by atoms with E-state index in [-0.39, 0.29) is 11.9 Å². The van der Waals surface area contributed by atoms with Gasteiger partial charge in [-0.1, -0.05) is 11.6 Å². The van der Waals surface area contributed by atoms with Gasteiger partial charge >= 0.3 is 5.97 Å². The van der Waals surface area contributed by atoms with E-state index in [9.17, 15) is 4.79 Å². The van der Waals surface area contributed by atoms with E-state index >= 15 is 0 Å². The Labute approximate surface area is 91.6 Å². The van der Waals surface area contributed by atoms with Gasteiger partial charge in [-0.15, -0.1) is 11.3 Å². The summed E-state index contributed by atoms with van der Waals surface area (Å²) in [5, 5.41) is 0. The highest BCUT2D eigenvalue weighted by Gasteiger charge is 2.22. The average Bonchev–Trinajstić information content (AvgIpc) is 2.60. The maximum absolute atomic E-state index is 11.4. The largest absolute Gasteiger partial charge is 0.468 e. The SMILES string of the molecule is COCC(C(=O)OC)c1ccc(Cl)s1. The van der Waals surface area contributed by atoms with Gasteiger partial charge in [-0.3, -0.25) is 4.79 Å². The van der Waals surface area contributed by atoms with Gasteiger partial charge in [0.05, 0.1) is 18.1 Å². The molecule has 0 N–H and O–H groups in total. The molecule has 1 aromatic heterocycles. The molecular formula is C9H11ClO3S. The zero-order chi connectivity index (χ0) is 10.6. The van der Waals surface area contributed by atoms with Crippen molar-refractivity contribution in [2.75, 3.05) is 20.8 Å². The molecule has 0 aliphatic carbocycles. The first-order valence-electron chi connectivity index (χ1n) is 4.01. The maximum atomic E-state index is 11.4. The van der Waals surface area contributed by atoms with Crippen LogP contribution in [0.3, 0.4) is 0 Å². The van der Waals surface area contributed by atoms with Gasteiger partial charge < -0.3 is 9.47 Å². The van der Waals surface area contributed by atoms with Gasteiger partial charge in [-0.05, 0) is 12.1 Å². The van der Waals surface area contributed by atoms with Crippen molar-refractivity contribution in [3.63, 3.8) is 0 Å². The molecule has 1 rings (SSSR count). The second-order valence-corrected chi connectivity index (χ2v) is 4.42. The number of halogens is 1. The van der Waals surface area contributed by atoms with Crippen LogP contribution < -0.4 is 0 Å². The molecule has 78 valence electrons. The first-order chi connectivity index (χ1) is 6.69. The molecule has 0 fully saturated rings. The number of thiophene rings is 1. The molecule has 0 radical (unpaired) electrons. The number of carbonyl (C=O) groups excluding carboxylic acids is 1. The van der Waals surface area contributed by atoms with Crippen molar-refractivity contribution in [3.8, 4) is 0 Å². The summed E-state index contributed by atoms with van der Waals surface area (Å²) >= 11 is 7.14. The summed E-state index contributed by atoms with van der Waals surface area (Å²) in [5.41, 5.74) is 0. The van der Waals surface area contributed by atoms with Crippen molar-refractivity contribution in [2.45, 2.75) is 5.92 Å². The predicted molar refractivity (Wildman–Crippen MR) is 56.0 cm³/mol. The molecule has 1 aromatic rings. The van der Waals surface area contributed by atoms with Crippen LogP contribution in [0.1, 0.15) is 10.8 Å². The van der Waals surface area contributed by atoms with E-state index in [0.717, 1.165) is 4.88 Å². The van der Waals surface area contributed by atoms with Crippen molar-refractivity contribution >= 4 is 28.9 Å². The van der Waals surface area contributed by atoms with Crippen LogP contribution in [0.25, 0.3) is 0 Å². The minimum atomic E-state index is -0.373. The summed E-state index contributed by atoms with van der Waals surface area (Å²) in [6.45, 7) is 0.309. The second-order valence-electron chi connectivity index (χ2n) is 2.67. The molecule has 0 saturated heterocycles. The predicted octanol–water partition coefficient (Wildman–Crippen LogP) is 2.30. The van der Waals surface area contributed by atoms with Gasteiger partial charge in [0.1, 0.15) is 5.92 Å². The molecule has 1 atom stereocenters. The zero-order valence-corrected chi connectivity index (χ0v) is 9.52. The molecular weight excluding hydrogens is 224 g/mol. The van der Waals surface area contributed by atoms with E-state index in [1.54, 1.807) is 13.2 Å². The average molecular weight is 235 g/mol. The van der Waals surface area contributed by atoms with E-state index in [2.05, 4.69) is 4.74 Å². The molecule has 14 heavy (non-hydrogen) atoms. The summed E-state index contributed by atoms with van der Waals surface area (Å²) in [4.78, 5) is 12.2. The fourth-order valence-corrected chi connectivity index (χ4v) is 2.22. The minimum absolute atomic E-state index is 0.301. The first-order valence-corrected chi connectivity index (χ1v) is 5.20. The highest BCUT2D eigenvalue weighted by atomic mass is 35.5. The molecule has 0 aliphatic heterocycles. The van der Waals surface area contributed by atoms with Crippen molar-refractivity contribution in [3.05, 3.63) is 21.3 Å². The van der Waals surface area contributed by atoms with Crippen molar-refractivity contribution in [1.29, 1.82) is 0 Å². The van der Waals surface area contributed by atoms with Gasteiger partial charge in [-0.2, -0.15) is 0 Å². The zero-order valence-electron chi connectivity index (χ0n) is 7.95. The highest BCUT2D eigenvalue weighted by molar-refractivity contribution is 7.16. The molecule has 0 spiro atoms. The van der Waals surface area contributed by atoms with E-state index in [4.69, 9.17) is 16.3 Å². The maximum Gasteiger partial charge on any atom is 0.316 e. The number of hydrogen-bond donors (Lipinski definition) is 0. The fraction of sp³-hybridized carbons (Fsp3) is 0.444. The molecule has 1 heterocycles. The lowest BCUT2D eigenvalue weighted by Crippen LogP contribution is -2.17. The number of ether oxygens (including phenoxy) is 2. The monoisotopic (exact) mass is 234 g/mol. The van der Waals surface area contributed by atoms with Crippen LogP contribution in [0.5, 0.6) is 0 Å². The molecule has 1 unspecified atom stereocenters. The Bertz CT molecular complexity index is 311. The lowest BCUT2D eigenvalue weighted by molar-refractivity contribution is -0.143. The molecule has 5 heteroatoms. The normalized spacial score (nSPS) is 12.5. The summed E-state index contributed by atoms with van der Waals surface area (Å²) in [6, 6.07) is 3.57. The van der Waals surface area contributed by atoms with Crippen LogP contribution in [0.4, 0.5) is 0 Å². The smallest absolute Gasteiger partial charge is 0.316 e. The quantitative estimate of drug-likeness (QED) is 0.750. The van der Waals surface area contributed by atoms with Gasteiger partial charge in [0.15, 0.2) is 0 Å². The topological polar surface area (TPSA) is 35.5 Å². The summed E-state index contributed by atoms with van der Waals surface area (Å²) in [7, 11) is 2.91. The Kier molecular flexibility index (Phi) is 4.38. The van der Waals surface area contributed by atoms with E-state index in [1.807, 2.05) is 6.07 Å². The van der Waals surface area contributed by atoms with Crippen LogP contribution in [-0.2, 0) is 14.3 Å². The van der Waals surface area contributed by atoms with Crippen LogP contribution in [0, 0.1) is 0 Å².